The third-order valence-electron chi connectivity index (χ3n) is 2.38. The Morgan fingerprint density at radius 2 is 1.95 bits per heavy atom. The summed E-state index contributed by atoms with van der Waals surface area (Å²) in [6.07, 6.45) is 1.000. The van der Waals surface area contributed by atoms with E-state index in [9.17, 15) is 0 Å². The number of nitrogens with one attached hydrogen (secondary N) is 2. The molecule has 6 nitrogen and oxygen atoms in total. The second kappa shape index (κ2) is 7.39. The van der Waals surface area contributed by atoms with Crippen LogP contribution in [0.1, 0.15) is 18.2 Å². The van der Waals surface area contributed by atoms with E-state index < -0.39 is 0 Å². The van der Waals surface area contributed by atoms with Gasteiger partial charge in [-0.3, -0.25) is 0 Å². The highest BCUT2D eigenvalue weighted by Crippen LogP contribution is 2.22. The summed E-state index contributed by atoms with van der Waals surface area (Å²) in [4.78, 5) is 13.8. The Labute approximate surface area is 130 Å². The zero-order chi connectivity index (χ0) is 14.4. The number of hydrogen-bond donors (Lipinski definition) is 2. The summed E-state index contributed by atoms with van der Waals surface area (Å²) in [7, 11) is 1.54. The molecule has 2 N–H and O–H groups in total. The standard InChI is InChI=1S/C12H16BrN5OS/c1-3-6-14-10-16-11(18-12(17-10)19-2)15-7-8-4-5-9(13)20-8/h4-5H,3,6-7H2,1-2H3,(H2,14,15,16,17,18). The van der Waals surface area contributed by atoms with E-state index in [-0.39, 0.29) is 0 Å². The minimum atomic E-state index is 0.300. The van der Waals surface area contributed by atoms with Crippen LogP contribution >= 0.6 is 27.3 Å². The first-order valence-electron chi connectivity index (χ1n) is 6.23. The normalized spacial score (nSPS) is 10.3. The number of thiophene rings is 1. The van der Waals surface area contributed by atoms with Crippen molar-refractivity contribution in [3.05, 3.63) is 20.8 Å². The van der Waals surface area contributed by atoms with Crippen molar-refractivity contribution >= 4 is 39.2 Å². The van der Waals surface area contributed by atoms with E-state index >= 15 is 0 Å². The highest BCUT2D eigenvalue weighted by molar-refractivity contribution is 9.11. The summed E-state index contributed by atoms with van der Waals surface area (Å²) >= 11 is 5.11. The Kier molecular flexibility index (Phi) is 5.54. The number of halogens is 1. The summed E-state index contributed by atoms with van der Waals surface area (Å²) in [5, 5.41) is 6.30. The molecule has 0 atom stereocenters. The van der Waals surface area contributed by atoms with Crippen molar-refractivity contribution in [3.63, 3.8) is 0 Å². The molecule has 8 heteroatoms. The lowest BCUT2D eigenvalue weighted by Crippen LogP contribution is -2.10. The van der Waals surface area contributed by atoms with Gasteiger partial charge in [-0.25, -0.2) is 0 Å². The number of hydrogen-bond acceptors (Lipinski definition) is 7. The van der Waals surface area contributed by atoms with E-state index in [1.165, 1.54) is 4.88 Å². The summed E-state index contributed by atoms with van der Waals surface area (Å²) in [6.45, 7) is 3.56. The van der Waals surface area contributed by atoms with E-state index in [2.05, 4.69) is 54.5 Å². The fourth-order valence-corrected chi connectivity index (χ4v) is 2.88. The summed E-state index contributed by atoms with van der Waals surface area (Å²) < 4.78 is 6.19. The molecule has 0 fully saturated rings. The van der Waals surface area contributed by atoms with Gasteiger partial charge in [-0.2, -0.15) is 15.0 Å². The molecule has 0 unspecified atom stereocenters. The van der Waals surface area contributed by atoms with Gasteiger partial charge in [0.25, 0.3) is 0 Å². The Morgan fingerprint density at radius 1 is 1.20 bits per heavy atom. The van der Waals surface area contributed by atoms with Crippen LogP contribution in [0.2, 0.25) is 0 Å². The molecule has 20 heavy (non-hydrogen) atoms. The topological polar surface area (TPSA) is 72.0 Å². The van der Waals surface area contributed by atoms with Crippen molar-refractivity contribution in [2.75, 3.05) is 24.3 Å². The average Bonchev–Trinajstić information content (AvgIpc) is 2.88. The molecule has 0 saturated carbocycles. The first-order valence-corrected chi connectivity index (χ1v) is 7.84. The molecule has 2 heterocycles. The molecule has 2 rings (SSSR count). The van der Waals surface area contributed by atoms with E-state index in [4.69, 9.17) is 4.74 Å². The molecule has 0 spiro atoms. The minimum absolute atomic E-state index is 0.300. The molecule has 108 valence electrons. The van der Waals surface area contributed by atoms with Gasteiger partial charge >= 0.3 is 6.01 Å². The van der Waals surface area contributed by atoms with E-state index in [1.807, 2.05) is 6.07 Å². The van der Waals surface area contributed by atoms with Crippen molar-refractivity contribution in [2.24, 2.45) is 0 Å². The molecule has 0 aliphatic carbocycles. The van der Waals surface area contributed by atoms with Gasteiger partial charge in [0.1, 0.15) is 0 Å². The van der Waals surface area contributed by atoms with Gasteiger partial charge in [0.05, 0.1) is 17.4 Å². The highest BCUT2D eigenvalue weighted by Gasteiger charge is 2.06. The molecular weight excluding hydrogens is 342 g/mol. The Morgan fingerprint density at radius 3 is 2.55 bits per heavy atom. The molecule has 0 aliphatic rings. The number of nitrogens with zero attached hydrogens (tertiary/aromatic N) is 3. The predicted octanol–water partition coefficient (Wildman–Crippen LogP) is 3.14. The lowest BCUT2D eigenvalue weighted by molar-refractivity contribution is 0.379. The third kappa shape index (κ3) is 4.31. The maximum absolute atomic E-state index is 5.08. The zero-order valence-electron chi connectivity index (χ0n) is 11.3. The lowest BCUT2D eigenvalue weighted by Gasteiger charge is -2.08. The summed E-state index contributed by atoms with van der Waals surface area (Å²) in [5.74, 6) is 1.02. The average molecular weight is 358 g/mol. The van der Waals surface area contributed by atoms with Crippen LogP contribution in [0.4, 0.5) is 11.9 Å². The van der Waals surface area contributed by atoms with Crippen LogP contribution in [0.5, 0.6) is 6.01 Å². The molecular formula is C12H16BrN5OS. The van der Waals surface area contributed by atoms with Gasteiger partial charge in [-0.15, -0.1) is 11.3 Å². The largest absolute Gasteiger partial charge is 0.467 e. The molecule has 2 aromatic rings. The van der Waals surface area contributed by atoms with Crippen LogP contribution < -0.4 is 15.4 Å². The molecule has 0 amide bonds. The van der Waals surface area contributed by atoms with Crippen molar-refractivity contribution in [1.82, 2.24) is 15.0 Å². The highest BCUT2D eigenvalue weighted by atomic mass is 79.9. The van der Waals surface area contributed by atoms with E-state index in [0.29, 0.717) is 24.5 Å². The Balaban J connectivity index is 2.05. The van der Waals surface area contributed by atoms with Crippen LogP contribution in [0.3, 0.4) is 0 Å². The quantitative estimate of drug-likeness (QED) is 0.792. The van der Waals surface area contributed by atoms with Crippen LogP contribution in [0.15, 0.2) is 15.9 Å². The van der Waals surface area contributed by atoms with Gasteiger partial charge < -0.3 is 15.4 Å². The fourth-order valence-electron chi connectivity index (χ4n) is 1.46. The molecule has 0 aromatic carbocycles. The van der Waals surface area contributed by atoms with Gasteiger partial charge in [0.15, 0.2) is 0 Å². The summed E-state index contributed by atoms with van der Waals surface area (Å²) in [5.41, 5.74) is 0. The van der Waals surface area contributed by atoms with Gasteiger partial charge in [-0.1, -0.05) is 6.92 Å². The van der Waals surface area contributed by atoms with Gasteiger partial charge in [-0.05, 0) is 34.5 Å². The van der Waals surface area contributed by atoms with Crippen molar-refractivity contribution in [3.8, 4) is 6.01 Å². The fraction of sp³-hybridized carbons (Fsp3) is 0.417. The van der Waals surface area contributed by atoms with Crippen LogP contribution in [-0.2, 0) is 6.54 Å². The first-order chi connectivity index (χ1) is 9.71. The van der Waals surface area contributed by atoms with Crippen molar-refractivity contribution in [1.29, 1.82) is 0 Å². The monoisotopic (exact) mass is 357 g/mol. The number of methoxy groups -OCH3 is 1. The molecule has 0 bridgehead atoms. The number of anilines is 2. The van der Waals surface area contributed by atoms with E-state index in [1.54, 1.807) is 18.4 Å². The number of aromatic nitrogens is 3. The SMILES string of the molecule is CCCNc1nc(NCc2ccc(Br)s2)nc(OC)n1. The Bertz CT molecular complexity index is 563. The second-order valence-corrected chi connectivity index (χ2v) is 6.50. The first kappa shape index (κ1) is 15.0. The molecule has 0 radical (unpaired) electrons. The number of ether oxygens (including phenoxy) is 1. The minimum Gasteiger partial charge on any atom is -0.467 e. The number of rotatable bonds is 7. The predicted molar refractivity (Wildman–Crippen MR) is 84.5 cm³/mol. The van der Waals surface area contributed by atoms with Crippen LogP contribution in [0, 0.1) is 0 Å². The van der Waals surface area contributed by atoms with Gasteiger partial charge in [0.2, 0.25) is 11.9 Å². The summed E-state index contributed by atoms with van der Waals surface area (Å²) in [6, 6.07) is 4.37. The second-order valence-electron chi connectivity index (χ2n) is 3.96. The third-order valence-corrected chi connectivity index (χ3v) is 4.00. The van der Waals surface area contributed by atoms with Gasteiger partial charge in [0, 0.05) is 11.4 Å². The van der Waals surface area contributed by atoms with Crippen molar-refractivity contribution in [2.45, 2.75) is 19.9 Å². The Hall–Kier alpha value is -1.41. The zero-order valence-corrected chi connectivity index (χ0v) is 13.7. The molecule has 0 saturated heterocycles. The lowest BCUT2D eigenvalue weighted by atomic mass is 10.5. The van der Waals surface area contributed by atoms with Crippen molar-refractivity contribution < 1.29 is 4.74 Å². The maximum atomic E-state index is 5.08. The molecule has 0 aliphatic heterocycles. The molecule has 2 aromatic heterocycles. The maximum Gasteiger partial charge on any atom is 0.322 e. The van der Waals surface area contributed by atoms with Crippen LogP contribution in [-0.4, -0.2) is 28.6 Å². The van der Waals surface area contributed by atoms with Crippen LogP contribution in [0.25, 0.3) is 0 Å². The smallest absolute Gasteiger partial charge is 0.322 e. The van der Waals surface area contributed by atoms with E-state index in [0.717, 1.165) is 16.8 Å².